The van der Waals surface area contributed by atoms with Gasteiger partial charge >= 0.3 is 0 Å². The Bertz CT molecular complexity index is 930. The summed E-state index contributed by atoms with van der Waals surface area (Å²) < 4.78 is 21.8. The van der Waals surface area contributed by atoms with Gasteiger partial charge in [0.15, 0.2) is 23.2 Å². The SMILES string of the molecule is CN=C(NCc1ccc(C(N)=O)o1)NCC(c1ccc(OC)c(OC)c1)N1CCOCC1.I. The molecule has 2 heterocycles. The van der Waals surface area contributed by atoms with E-state index in [1.165, 1.54) is 0 Å². The molecule has 11 heteroatoms. The van der Waals surface area contributed by atoms with E-state index in [9.17, 15) is 4.79 Å². The van der Waals surface area contributed by atoms with Crippen molar-refractivity contribution in [3.63, 3.8) is 0 Å². The molecule has 1 aromatic heterocycles. The number of hydrogen-bond donors (Lipinski definition) is 3. The molecule has 33 heavy (non-hydrogen) atoms. The third-order valence-electron chi connectivity index (χ3n) is 5.30. The van der Waals surface area contributed by atoms with E-state index in [-0.39, 0.29) is 35.8 Å². The summed E-state index contributed by atoms with van der Waals surface area (Å²) >= 11 is 0. The van der Waals surface area contributed by atoms with E-state index in [0.29, 0.717) is 49.5 Å². The van der Waals surface area contributed by atoms with Crippen LogP contribution >= 0.6 is 24.0 Å². The Labute approximate surface area is 210 Å². The molecule has 0 bridgehead atoms. The number of carbonyl (C=O) groups is 1. The van der Waals surface area contributed by atoms with Gasteiger partial charge in [-0.1, -0.05) is 6.07 Å². The number of guanidine groups is 1. The average molecular weight is 573 g/mol. The molecule has 0 radical (unpaired) electrons. The van der Waals surface area contributed by atoms with Crippen molar-refractivity contribution in [3.05, 3.63) is 47.4 Å². The lowest BCUT2D eigenvalue weighted by Crippen LogP contribution is -2.46. The standard InChI is InChI=1S/C22H31N5O5.HI/c1-24-22(25-13-16-5-7-19(32-16)21(23)28)26-14-17(27-8-10-31-11-9-27)15-4-6-18(29-2)20(12-15)30-3;/h4-7,12,17H,8-11,13-14H2,1-3H3,(H2,23,28)(H2,24,25,26);1H. The minimum atomic E-state index is -0.595. The van der Waals surface area contributed by atoms with Crippen LogP contribution in [-0.4, -0.2) is 70.9 Å². The van der Waals surface area contributed by atoms with Gasteiger partial charge < -0.3 is 35.0 Å². The van der Waals surface area contributed by atoms with Crippen LogP contribution in [0.4, 0.5) is 0 Å². The molecule has 1 saturated heterocycles. The fourth-order valence-electron chi connectivity index (χ4n) is 3.60. The quantitative estimate of drug-likeness (QED) is 0.236. The number of furan rings is 1. The fourth-order valence-corrected chi connectivity index (χ4v) is 3.60. The lowest BCUT2D eigenvalue weighted by atomic mass is 10.0. The number of morpholine rings is 1. The summed E-state index contributed by atoms with van der Waals surface area (Å²) in [5.41, 5.74) is 6.34. The number of nitrogens with one attached hydrogen (secondary N) is 2. The third-order valence-corrected chi connectivity index (χ3v) is 5.30. The Hall–Kier alpha value is -2.51. The predicted molar refractivity (Wildman–Crippen MR) is 136 cm³/mol. The number of carbonyl (C=O) groups excluding carboxylic acids is 1. The largest absolute Gasteiger partial charge is 0.493 e. The topological polar surface area (TPSA) is 124 Å². The Morgan fingerprint density at radius 2 is 1.88 bits per heavy atom. The van der Waals surface area contributed by atoms with Gasteiger partial charge in [0.25, 0.3) is 5.91 Å². The van der Waals surface area contributed by atoms with Crippen LogP contribution in [0.1, 0.15) is 27.9 Å². The van der Waals surface area contributed by atoms with Crippen LogP contribution in [0.2, 0.25) is 0 Å². The second-order valence-electron chi connectivity index (χ2n) is 7.22. The highest BCUT2D eigenvalue weighted by Crippen LogP contribution is 2.32. The lowest BCUT2D eigenvalue weighted by molar-refractivity contribution is 0.0169. The van der Waals surface area contributed by atoms with Gasteiger partial charge in [0.1, 0.15) is 5.76 Å². The summed E-state index contributed by atoms with van der Waals surface area (Å²) in [5.74, 6) is 2.12. The van der Waals surface area contributed by atoms with Crippen molar-refractivity contribution in [1.82, 2.24) is 15.5 Å². The fraction of sp³-hybridized carbons (Fsp3) is 0.455. The van der Waals surface area contributed by atoms with Crippen molar-refractivity contribution in [2.45, 2.75) is 12.6 Å². The molecule has 0 aliphatic carbocycles. The van der Waals surface area contributed by atoms with Gasteiger partial charge in [0.05, 0.1) is 40.0 Å². The van der Waals surface area contributed by atoms with Gasteiger partial charge in [-0.3, -0.25) is 14.7 Å². The molecule has 182 valence electrons. The number of ether oxygens (including phenoxy) is 3. The first-order valence-corrected chi connectivity index (χ1v) is 10.4. The number of hydrogen-bond acceptors (Lipinski definition) is 7. The van der Waals surface area contributed by atoms with Crippen LogP contribution in [0.25, 0.3) is 0 Å². The average Bonchev–Trinajstić information content (AvgIpc) is 3.31. The van der Waals surface area contributed by atoms with Crippen molar-refractivity contribution in [3.8, 4) is 11.5 Å². The Kier molecular flexibility index (Phi) is 10.7. The van der Waals surface area contributed by atoms with Crippen molar-refractivity contribution in [2.24, 2.45) is 10.7 Å². The van der Waals surface area contributed by atoms with Crippen LogP contribution in [0.3, 0.4) is 0 Å². The molecule has 1 aliphatic heterocycles. The maximum absolute atomic E-state index is 11.2. The molecular formula is C22H32IN5O5. The van der Waals surface area contributed by atoms with Crippen molar-refractivity contribution in [1.29, 1.82) is 0 Å². The molecule has 0 saturated carbocycles. The van der Waals surface area contributed by atoms with E-state index in [4.69, 9.17) is 24.4 Å². The number of amides is 1. The van der Waals surface area contributed by atoms with Crippen LogP contribution < -0.4 is 25.8 Å². The van der Waals surface area contributed by atoms with E-state index < -0.39 is 5.91 Å². The monoisotopic (exact) mass is 573 g/mol. The number of rotatable bonds is 9. The number of primary amides is 1. The molecule has 10 nitrogen and oxygen atoms in total. The minimum Gasteiger partial charge on any atom is -0.493 e. The van der Waals surface area contributed by atoms with Crippen LogP contribution in [0.15, 0.2) is 39.7 Å². The molecule has 1 amide bonds. The predicted octanol–water partition coefficient (Wildman–Crippen LogP) is 1.75. The molecule has 4 N–H and O–H groups in total. The van der Waals surface area contributed by atoms with Crippen LogP contribution in [-0.2, 0) is 11.3 Å². The second-order valence-corrected chi connectivity index (χ2v) is 7.22. The Morgan fingerprint density at radius 1 is 1.15 bits per heavy atom. The minimum absolute atomic E-state index is 0. The molecule has 3 rings (SSSR count). The highest BCUT2D eigenvalue weighted by Gasteiger charge is 2.24. The van der Waals surface area contributed by atoms with Gasteiger partial charge in [0.2, 0.25) is 0 Å². The highest BCUT2D eigenvalue weighted by molar-refractivity contribution is 14.0. The Balaban J connectivity index is 0.00000385. The first-order valence-electron chi connectivity index (χ1n) is 10.4. The van der Waals surface area contributed by atoms with Crippen LogP contribution in [0, 0.1) is 0 Å². The maximum Gasteiger partial charge on any atom is 0.284 e. The van der Waals surface area contributed by atoms with Gasteiger partial charge in [0, 0.05) is 26.7 Å². The number of nitrogens with two attached hydrogens (primary N) is 1. The maximum atomic E-state index is 11.2. The van der Waals surface area contributed by atoms with E-state index in [1.807, 2.05) is 18.2 Å². The first-order chi connectivity index (χ1) is 15.5. The molecule has 1 aromatic carbocycles. The van der Waals surface area contributed by atoms with Crippen molar-refractivity contribution < 1.29 is 23.4 Å². The van der Waals surface area contributed by atoms with Gasteiger partial charge in [-0.15, -0.1) is 24.0 Å². The molecule has 0 spiro atoms. The number of halogens is 1. The summed E-state index contributed by atoms with van der Waals surface area (Å²) in [5, 5.41) is 6.58. The van der Waals surface area contributed by atoms with Crippen molar-refractivity contribution >= 4 is 35.8 Å². The lowest BCUT2D eigenvalue weighted by Gasteiger charge is -2.35. The van der Waals surface area contributed by atoms with Gasteiger partial charge in [-0.2, -0.15) is 0 Å². The zero-order chi connectivity index (χ0) is 22.9. The van der Waals surface area contributed by atoms with Crippen molar-refractivity contribution in [2.75, 3.05) is 54.1 Å². The van der Waals surface area contributed by atoms with E-state index in [1.54, 1.807) is 33.4 Å². The smallest absolute Gasteiger partial charge is 0.284 e. The molecule has 1 unspecified atom stereocenters. The highest BCUT2D eigenvalue weighted by atomic mass is 127. The molecule has 2 aromatic rings. The molecule has 1 atom stereocenters. The Morgan fingerprint density at radius 3 is 2.48 bits per heavy atom. The number of methoxy groups -OCH3 is 2. The number of benzene rings is 1. The van der Waals surface area contributed by atoms with E-state index in [2.05, 4.69) is 20.5 Å². The summed E-state index contributed by atoms with van der Waals surface area (Å²) in [7, 11) is 4.96. The molecule has 1 fully saturated rings. The van der Waals surface area contributed by atoms with Gasteiger partial charge in [-0.25, -0.2) is 0 Å². The molecular weight excluding hydrogens is 541 g/mol. The zero-order valence-corrected chi connectivity index (χ0v) is 21.5. The van der Waals surface area contributed by atoms with E-state index in [0.717, 1.165) is 18.7 Å². The van der Waals surface area contributed by atoms with Crippen LogP contribution in [0.5, 0.6) is 11.5 Å². The zero-order valence-electron chi connectivity index (χ0n) is 19.1. The van der Waals surface area contributed by atoms with Gasteiger partial charge in [-0.05, 0) is 29.8 Å². The first kappa shape index (κ1) is 26.7. The molecule has 1 aliphatic rings. The van der Waals surface area contributed by atoms with E-state index >= 15 is 0 Å². The number of aliphatic imine (C=N–C) groups is 1. The summed E-state index contributed by atoms with van der Waals surface area (Å²) in [4.78, 5) is 17.9. The summed E-state index contributed by atoms with van der Waals surface area (Å²) in [6.07, 6.45) is 0. The summed E-state index contributed by atoms with van der Waals surface area (Å²) in [6, 6.07) is 9.31. The third kappa shape index (κ3) is 7.24. The number of nitrogens with zero attached hydrogens (tertiary/aromatic N) is 2. The normalized spacial score (nSPS) is 15.3. The summed E-state index contributed by atoms with van der Waals surface area (Å²) in [6.45, 7) is 4.02. The second kappa shape index (κ2) is 13.3.